The molecule has 13 atom stereocenters. The van der Waals surface area contributed by atoms with E-state index in [9.17, 15) is 0 Å². The molecule has 224 valence electrons. The molecule has 0 radical (unpaired) electrons. The predicted octanol–water partition coefficient (Wildman–Crippen LogP) is 3.21. The Morgan fingerprint density at radius 1 is 0.581 bits per heavy atom. The van der Waals surface area contributed by atoms with E-state index in [-0.39, 0.29) is 54.7 Å². The molecule has 4 fully saturated rings. The maximum Gasteiger partial charge on any atom is 0.175 e. The summed E-state index contributed by atoms with van der Waals surface area (Å²) in [4.78, 5) is 4.95. The summed E-state index contributed by atoms with van der Waals surface area (Å²) in [5.74, 6) is 2.93. The quantitative estimate of drug-likeness (QED) is 0.416. The van der Waals surface area contributed by atoms with Gasteiger partial charge >= 0.3 is 0 Å². The van der Waals surface area contributed by atoms with E-state index in [2.05, 4.69) is 34.1 Å². The number of benzene rings is 3. The molecular formula is C33H34N2O8. The standard InChI is InChI=1S/C33H34N2O8/c1-36-32-27-25(29-23(42-32)16-38-19-12-6-8-14-21(19)40-29)34(27)31(18-10-4-3-5-11-18)35-26-28(35)33(37-2)43-24-17-39-20-13-7-9-15-22(20)41-30(24)26/h3-15,23-33H,16-17H2,1-2H3/t23-,24-,25+,26+,27+,28+,29-,30-,31?,32-,33+,34?,35?/m0/s1. The van der Waals surface area contributed by atoms with Gasteiger partial charge in [-0.3, -0.25) is 9.80 Å². The van der Waals surface area contributed by atoms with E-state index >= 15 is 0 Å². The van der Waals surface area contributed by atoms with Crippen molar-refractivity contribution in [2.24, 2.45) is 0 Å². The molecule has 3 aromatic rings. The molecule has 0 spiro atoms. The average Bonchev–Trinajstić information content (AvgIpc) is 3.96. The molecule has 0 aromatic heterocycles. The molecule has 0 N–H and O–H groups in total. The Labute approximate surface area is 249 Å². The molecule has 3 unspecified atom stereocenters. The second-order valence-corrected chi connectivity index (χ2v) is 11.9. The zero-order valence-corrected chi connectivity index (χ0v) is 23.9. The van der Waals surface area contributed by atoms with Gasteiger partial charge in [0.15, 0.2) is 35.6 Å². The first-order chi connectivity index (χ1) is 21.2. The van der Waals surface area contributed by atoms with E-state index in [1.807, 2.05) is 54.6 Å². The van der Waals surface area contributed by atoms with Crippen molar-refractivity contribution < 1.29 is 37.9 Å². The summed E-state index contributed by atoms with van der Waals surface area (Å²) < 4.78 is 50.5. The van der Waals surface area contributed by atoms with Crippen molar-refractivity contribution in [3.8, 4) is 23.0 Å². The summed E-state index contributed by atoms with van der Waals surface area (Å²) in [5.41, 5.74) is 1.17. The number of para-hydroxylation sites is 4. The third-order valence-electron chi connectivity index (χ3n) is 9.64. The van der Waals surface area contributed by atoms with E-state index in [4.69, 9.17) is 37.9 Å². The second-order valence-electron chi connectivity index (χ2n) is 11.9. The molecule has 3 aromatic carbocycles. The van der Waals surface area contributed by atoms with E-state index in [0.29, 0.717) is 13.2 Å². The van der Waals surface area contributed by atoms with Crippen LogP contribution in [-0.2, 0) is 18.9 Å². The van der Waals surface area contributed by atoms with Crippen LogP contribution in [0.4, 0.5) is 0 Å². The molecule has 6 heterocycles. The molecule has 0 aliphatic carbocycles. The summed E-state index contributed by atoms with van der Waals surface area (Å²) in [5, 5.41) is 0. The van der Waals surface area contributed by atoms with Crippen molar-refractivity contribution >= 4 is 0 Å². The molecule has 9 rings (SSSR count). The van der Waals surface area contributed by atoms with Gasteiger partial charge in [0.05, 0.1) is 30.3 Å². The monoisotopic (exact) mass is 586 g/mol. The van der Waals surface area contributed by atoms with Crippen molar-refractivity contribution in [1.29, 1.82) is 0 Å². The lowest BCUT2D eigenvalue weighted by atomic mass is 10.0. The highest BCUT2D eigenvalue weighted by molar-refractivity contribution is 5.42. The largest absolute Gasteiger partial charge is 0.487 e. The molecular weight excluding hydrogens is 552 g/mol. The lowest BCUT2D eigenvalue weighted by Crippen LogP contribution is -2.50. The first-order valence-corrected chi connectivity index (χ1v) is 15.0. The molecule has 10 nitrogen and oxygen atoms in total. The van der Waals surface area contributed by atoms with Gasteiger partial charge in [-0.2, -0.15) is 0 Å². The molecule has 0 bridgehead atoms. The van der Waals surface area contributed by atoms with Crippen LogP contribution in [0.25, 0.3) is 0 Å². The summed E-state index contributed by atoms with van der Waals surface area (Å²) in [7, 11) is 3.41. The van der Waals surface area contributed by atoms with Gasteiger partial charge in [-0.1, -0.05) is 54.6 Å². The molecule has 10 heteroatoms. The van der Waals surface area contributed by atoms with Crippen LogP contribution in [0.2, 0.25) is 0 Å². The average molecular weight is 587 g/mol. The molecule has 43 heavy (non-hydrogen) atoms. The van der Waals surface area contributed by atoms with Gasteiger partial charge in [-0.15, -0.1) is 0 Å². The number of fused-ring (bicyclic) bond motifs is 8. The third kappa shape index (κ3) is 4.08. The normalized spacial score (nSPS) is 40.3. The lowest BCUT2D eigenvalue weighted by molar-refractivity contribution is -0.198. The maximum atomic E-state index is 6.67. The van der Waals surface area contributed by atoms with Crippen molar-refractivity contribution in [1.82, 2.24) is 9.80 Å². The number of hydrogen-bond donors (Lipinski definition) is 0. The minimum absolute atomic E-state index is 0.0128. The smallest absolute Gasteiger partial charge is 0.175 e. The fourth-order valence-corrected chi connectivity index (χ4v) is 7.70. The van der Waals surface area contributed by atoms with Crippen LogP contribution in [0.5, 0.6) is 23.0 Å². The molecule has 6 aliphatic heterocycles. The fraction of sp³-hybridized carbons (Fsp3) is 0.455. The molecule has 0 saturated carbocycles. The van der Waals surface area contributed by atoms with Gasteiger partial charge in [0, 0.05) is 14.2 Å². The highest BCUT2D eigenvalue weighted by Gasteiger charge is 2.73. The van der Waals surface area contributed by atoms with Gasteiger partial charge in [0.1, 0.15) is 37.6 Å². The van der Waals surface area contributed by atoms with Crippen LogP contribution in [0.15, 0.2) is 78.9 Å². The Balaban J connectivity index is 1.09. The minimum Gasteiger partial charge on any atom is -0.487 e. The van der Waals surface area contributed by atoms with Gasteiger partial charge in [0.25, 0.3) is 0 Å². The van der Waals surface area contributed by atoms with Crippen molar-refractivity contribution in [2.45, 2.75) is 67.3 Å². The zero-order valence-electron chi connectivity index (χ0n) is 23.9. The van der Waals surface area contributed by atoms with Gasteiger partial charge in [0.2, 0.25) is 0 Å². The Morgan fingerprint density at radius 3 is 1.49 bits per heavy atom. The topological polar surface area (TPSA) is 79.9 Å². The highest BCUT2D eigenvalue weighted by atomic mass is 16.7. The summed E-state index contributed by atoms with van der Waals surface area (Å²) in [6.45, 7) is 0.778. The van der Waals surface area contributed by atoms with Crippen molar-refractivity contribution in [3.63, 3.8) is 0 Å². The van der Waals surface area contributed by atoms with Crippen LogP contribution in [0.3, 0.4) is 0 Å². The van der Waals surface area contributed by atoms with Crippen LogP contribution >= 0.6 is 0 Å². The van der Waals surface area contributed by atoms with E-state index in [1.54, 1.807) is 14.2 Å². The van der Waals surface area contributed by atoms with Crippen molar-refractivity contribution in [3.05, 3.63) is 84.4 Å². The third-order valence-corrected chi connectivity index (χ3v) is 9.64. The van der Waals surface area contributed by atoms with Crippen molar-refractivity contribution in [2.75, 3.05) is 27.4 Å². The second kappa shape index (κ2) is 10.1. The van der Waals surface area contributed by atoms with E-state index < -0.39 is 12.6 Å². The lowest BCUT2D eigenvalue weighted by Gasteiger charge is -2.31. The van der Waals surface area contributed by atoms with Crippen LogP contribution < -0.4 is 18.9 Å². The molecule has 6 aliphatic rings. The Morgan fingerprint density at radius 2 is 1.02 bits per heavy atom. The first-order valence-electron chi connectivity index (χ1n) is 15.0. The SMILES string of the molecule is CO[C@@H]1O[C@H]2COc3ccccc3O[C@@H]2[C@H]2[C@H]1N2C(c1ccccc1)N1[C@H]2[C@@H](OC)O[C@H]3COc4ccccc4O[C@@H]3[C@@H]21. The Hall–Kier alpha value is -3.38. The predicted molar refractivity (Wildman–Crippen MR) is 152 cm³/mol. The van der Waals surface area contributed by atoms with Crippen LogP contribution in [0.1, 0.15) is 11.7 Å². The zero-order chi connectivity index (χ0) is 28.7. The Bertz CT molecular complexity index is 1400. The molecule has 0 amide bonds. The maximum absolute atomic E-state index is 6.67. The summed E-state index contributed by atoms with van der Waals surface area (Å²) in [6, 6.07) is 26.3. The van der Waals surface area contributed by atoms with Crippen LogP contribution in [-0.4, -0.2) is 98.4 Å². The fourth-order valence-electron chi connectivity index (χ4n) is 7.70. The van der Waals surface area contributed by atoms with Crippen LogP contribution in [0, 0.1) is 0 Å². The number of rotatable bonds is 5. The number of hydrogen-bond acceptors (Lipinski definition) is 10. The minimum atomic E-state index is -0.426. The first kappa shape index (κ1) is 26.1. The number of nitrogens with zero attached hydrogens (tertiary/aromatic N) is 2. The number of methoxy groups -OCH3 is 2. The van der Waals surface area contributed by atoms with E-state index in [1.165, 1.54) is 5.56 Å². The van der Waals surface area contributed by atoms with Gasteiger partial charge < -0.3 is 37.9 Å². The molecule has 4 saturated heterocycles. The van der Waals surface area contributed by atoms with E-state index in [0.717, 1.165) is 23.0 Å². The summed E-state index contributed by atoms with van der Waals surface area (Å²) >= 11 is 0. The Kier molecular flexibility index (Phi) is 6.11. The summed E-state index contributed by atoms with van der Waals surface area (Å²) in [6.07, 6.45) is -1.99. The van der Waals surface area contributed by atoms with Gasteiger partial charge in [-0.05, 0) is 29.8 Å². The van der Waals surface area contributed by atoms with Gasteiger partial charge in [-0.25, -0.2) is 0 Å². The number of ether oxygens (including phenoxy) is 8. The highest BCUT2D eigenvalue weighted by Crippen LogP contribution is 2.57.